The highest BCUT2D eigenvalue weighted by Gasteiger charge is 2.22. The number of carbonyl (C=O) groups is 2. The summed E-state index contributed by atoms with van der Waals surface area (Å²) >= 11 is 11.9. The van der Waals surface area contributed by atoms with Crippen molar-refractivity contribution in [2.45, 2.75) is 37.8 Å². The lowest BCUT2D eigenvalue weighted by Gasteiger charge is -2.29. The van der Waals surface area contributed by atoms with Gasteiger partial charge in [0.15, 0.2) is 0 Å². The van der Waals surface area contributed by atoms with Crippen LogP contribution in [0.1, 0.15) is 36.8 Å². The van der Waals surface area contributed by atoms with Crippen LogP contribution in [0.25, 0.3) is 12.2 Å². The maximum atomic E-state index is 12.2. The summed E-state index contributed by atoms with van der Waals surface area (Å²) in [6.45, 7) is 0. The lowest BCUT2D eigenvalue weighted by molar-refractivity contribution is -0.118. The van der Waals surface area contributed by atoms with Gasteiger partial charge in [-0.25, -0.2) is 0 Å². The van der Waals surface area contributed by atoms with E-state index in [1.54, 1.807) is 36.4 Å². The van der Waals surface area contributed by atoms with E-state index in [0.29, 0.717) is 10.0 Å². The quantitative estimate of drug-likeness (QED) is 0.599. The Morgan fingerprint density at radius 3 is 1.50 bits per heavy atom. The van der Waals surface area contributed by atoms with Crippen LogP contribution in [0.3, 0.4) is 0 Å². The number of amides is 2. The second kappa shape index (κ2) is 11.0. The number of hydrogen-bond donors (Lipinski definition) is 2. The fourth-order valence-corrected chi connectivity index (χ4v) is 3.84. The Labute approximate surface area is 187 Å². The smallest absolute Gasteiger partial charge is 0.244 e. The molecule has 0 radical (unpaired) electrons. The predicted octanol–water partition coefficient (Wildman–Crippen LogP) is 5.26. The average molecular weight is 443 g/mol. The molecule has 6 heteroatoms. The number of carbonyl (C=O) groups excluding carboxylic acids is 2. The highest BCUT2D eigenvalue weighted by molar-refractivity contribution is 6.31. The summed E-state index contributed by atoms with van der Waals surface area (Å²) in [5, 5.41) is 7.34. The molecule has 0 aliphatic heterocycles. The molecule has 1 fully saturated rings. The molecular formula is C24H24Cl2N2O2. The molecule has 3 rings (SSSR count). The third-order valence-electron chi connectivity index (χ3n) is 4.97. The molecule has 2 amide bonds. The molecular weight excluding hydrogens is 419 g/mol. The summed E-state index contributed by atoms with van der Waals surface area (Å²) in [6.07, 6.45) is 9.89. The summed E-state index contributed by atoms with van der Waals surface area (Å²) in [4.78, 5) is 24.3. The Balaban J connectivity index is 1.40. The van der Waals surface area contributed by atoms with Crippen molar-refractivity contribution in [1.82, 2.24) is 10.6 Å². The first-order valence-electron chi connectivity index (χ1n) is 9.96. The van der Waals surface area contributed by atoms with Crippen molar-refractivity contribution in [2.75, 3.05) is 0 Å². The molecule has 0 bridgehead atoms. The van der Waals surface area contributed by atoms with Gasteiger partial charge in [0.05, 0.1) is 0 Å². The zero-order chi connectivity index (χ0) is 21.3. The Hall–Kier alpha value is -2.56. The van der Waals surface area contributed by atoms with Gasteiger partial charge in [0.2, 0.25) is 11.8 Å². The van der Waals surface area contributed by atoms with Crippen LogP contribution in [0.15, 0.2) is 60.7 Å². The lowest BCUT2D eigenvalue weighted by Crippen LogP contribution is -2.43. The van der Waals surface area contributed by atoms with E-state index in [1.165, 1.54) is 12.2 Å². The van der Waals surface area contributed by atoms with Crippen LogP contribution >= 0.6 is 23.2 Å². The molecule has 4 nitrogen and oxygen atoms in total. The highest BCUT2D eigenvalue weighted by atomic mass is 35.5. The topological polar surface area (TPSA) is 58.2 Å². The van der Waals surface area contributed by atoms with Crippen molar-refractivity contribution in [2.24, 2.45) is 0 Å². The minimum atomic E-state index is -0.119. The molecule has 0 heterocycles. The second-order valence-corrected chi connectivity index (χ2v) is 8.22. The standard InChI is InChI=1S/C24H24Cl2N2O2/c25-19-5-1-3-17(15-19)7-13-23(29)27-21-9-11-22(12-10-21)28-24(30)14-8-18-4-2-6-20(26)16-18/h1-8,13-16,21-22H,9-12H2,(H,27,29)(H,28,30). The van der Waals surface area contributed by atoms with Crippen molar-refractivity contribution < 1.29 is 9.59 Å². The summed E-state index contributed by atoms with van der Waals surface area (Å²) in [7, 11) is 0. The molecule has 156 valence electrons. The largest absolute Gasteiger partial charge is 0.350 e. The first-order valence-corrected chi connectivity index (χ1v) is 10.7. The molecule has 1 aliphatic rings. The van der Waals surface area contributed by atoms with Gasteiger partial charge in [0.25, 0.3) is 0 Å². The third-order valence-corrected chi connectivity index (χ3v) is 5.44. The fraction of sp³-hybridized carbons (Fsp3) is 0.250. The fourth-order valence-electron chi connectivity index (χ4n) is 3.45. The zero-order valence-corrected chi connectivity index (χ0v) is 18.0. The average Bonchev–Trinajstić information content (AvgIpc) is 2.72. The van der Waals surface area contributed by atoms with E-state index < -0.39 is 0 Å². The Morgan fingerprint density at radius 2 is 1.13 bits per heavy atom. The van der Waals surface area contributed by atoms with Gasteiger partial charge in [-0.3, -0.25) is 9.59 Å². The summed E-state index contributed by atoms with van der Waals surface area (Å²) in [5.41, 5.74) is 1.77. The first kappa shape index (κ1) is 22.1. The van der Waals surface area contributed by atoms with E-state index in [1.807, 2.05) is 24.3 Å². The van der Waals surface area contributed by atoms with Gasteiger partial charge >= 0.3 is 0 Å². The Morgan fingerprint density at radius 1 is 0.733 bits per heavy atom. The van der Waals surface area contributed by atoms with Gasteiger partial charge in [-0.1, -0.05) is 47.5 Å². The molecule has 0 aromatic heterocycles. The van der Waals surface area contributed by atoms with Crippen LogP contribution < -0.4 is 10.6 Å². The maximum absolute atomic E-state index is 12.2. The van der Waals surface area contributed by atoms with E-state index in [9.17, 15) is 9.59 Å². The van der Waals surface area contributed by atoms with Crippen LogP contribution in [0.4, 0.5) is 0 Å². The molecule has 2 aromatic carbocycles. The lowest BCUT2D eigenvalue weighted by atomic mass is 9.91. The zero-order valence-electron chi connectivity index (χ0n) is 16.5. The van der Waals surface area contributed by atoms with Gasteiger partial charge in [-0.2, -0.15) is 0 Å². The molecule has 1 aliphatic carbocycles. The molecule has 0 atom stereocenters. The monoisotopic (exact) mass is 442 g/mol. The van der Waals surface area contributed by atoms with Gasteiger partial charge < -0.3 is 10.6 Å². The Kier molecular flexibility index (Phi) is 8.12. The van der Waals surface area contributed by atoms with Gasteiger partial charge in [-0.05, 0) is 73.2 Å². The summed E-state index contributed by atoms with van der Waals surface area (Å²) in [5.74, 6) is -0.237. The van der Waals surface area contributed by atoms with E-state index in [-0.39, 0.29) is 23.9 Å². The Bertz CT molecular complexity index is 870. The van der Waals surface area contributed by atoms with Crippen molar-refractivity contribution in [3.63, 3.8) is 0 Å². The third kappa shape index (κ3) is 7.36. The summed E-state index contributed by atoms with van der Waals surface area (Å²) < 4.78 is 0. The normalized spacial score (nSPS) is 19.1. The molecule has 0 saturated heterocycles. The number of benzene rings is 2. The minimum Gasteiger partial charge on any atom is -0.350 e. The van der Waals surface area contributed by atoms with Gasteiger partial charge in [0, 0.05) is 34.3 Å². The highest BCUT2D eigenvalue weighted by Crippen LogP contribution is 2.19. The first-order chi connectivity index (χ1) is 14.5. The van der Waals surface area contributed by atoms with Crippen LogP contribution in [-0.4, -0.2) is 23.9 Å². The van der Waals surface area contributed by atoms with Crippen LogP contribution in [0.5, 0.6) is 0 Å². The van der Waals surface area contributed by atoms with Crippen LogP contribution in [-0.2, 0) is 9.59 Å². The molecule has 2 N–H and O–H groups in total. The van der Waals surface area contributed by atoms with Crippen molar-refractivity contribution in [1.29, 1.82) is 0 Å². The van der Waals surface area contributed by atoms with Gasteiger partial charge in [0.1, 0.15) is 0 Å². The molecule has 30 heavy (non-hydrogen) atoms. The van der Waals surface area contributed by atoms with Crippen LogP contribution in [0, 0.1) is 0 Å². The van der Waals surface area contributed by atoms with E-state index in [0.717, 1.165) is 36.8 Å². The van der Waals surface area contributed by atoms with Crippen molar-refractivity contribution >= 4 is 47.2 Å². The van der Waals surface area contributed by atoms with Crippen molar-refractivity contribution in [3.8, 4) is 0 Å². The number of hydrogen-bond acceptors (Lipinski definition) is 2. The van der Waals surface area contributed by atoms with E-state index >= 15 is 0 Å². The van der Waals surface area contributed by atoms with Crippen LogP contribution in [0.2, 0.25) is 10.0 Å². The molecule has 0 unspecified atom stereocenters. The SMILES string of the molecule is O=C(C=Cc1cccc(Cl)c1)NC1CCC(NC(=O)C=Cc2cccc(Cl)c2)CC1. The number of rotatable bonds is 6. The predicted molar refractivity (Wildman–Crippen MR) is 123 cm³/mol. The molecule has 1 saturated carbocycles. The number of halogens is 2. The second-order valence-electron chi connectivity index (χ2n) is 7.34. The minimum absolute atomic E-state index is 0.119. The van der Waals surface area contributed by atoms with Gasteiger partial charge in [-0.15, -0.1) is 0 Å². The van der Waals surface area contributed by atoms with E-state index in [4.69, 9.17) is 23.2 Å². The molecule has 2 aromatic rings. The summed E-state index contributed by atoms with van der Waals surface area (Å²) in [6, 6.07) is 14.9. The van der Waals surface area contributed by atoms with Crippen molar-refractivity contribution in [3.05, 3.63) is 81.9 Å². The maximum Gasteiger partial charge on any atom is 0.244 e. The number of nitrogens with one attached hydrogen (secondary N) is 2. The van der Waals surface area contributed by atoms with E-state index in [2.05, 4.69) is 10.6 Å². The molecule has 0 spiro atoms.